The van der Waals surface area contributed by atoms with Crippen molar-refractivity contribution < 1.29 is 19.8 Å². The molecule has 0 aliphatic carbocycles. The number of hydrogen-bond acceptors (Lipinski definition) is 4. The van der Waals surface area contributed by atoms with Crippen LogP contribution < -0.4 is 0 Å². The summed E-state index contributed by atoms with van der Waals surface area (Å²) in [5.74, 6) is -0.786. The SMILES string of the molecule is CCCCCCCCCCCCCC(=O)C(O)C(O)C(=O)CCCCCCCCCCCCC. The molecule has 34 heavy (non-hydrogen) atoms. The molecule has 0 heterocycles. The van der Waals surface area contributed by atoms with Crippen LogP contribution in [0.25, 0.3) is 0 Å². The van der Waals surface area contributed by atoms with E-state index in [0.29, 0.717) is 0 Å². The van der Waals surface area contributed by atoms with Gasteiger partial charge in [0.2, 0.25) is 0 Å². The van der Waals surface area contributed by atoms with E-state index < -0.39 is 23.8 Å². The van der Waals surface area contributed by atoms with Gasteiger partial charge in [-0.25, -0.2) is 0 Å². The van der Waals surface area contributed by atoms with Crippen molar-refractivity contribution >= 4 is 11.6 Å². The van der Waals surface area contributed by atoms with Crippen LogP contribution in [0, 0.1) is 0 Å². The van der Waals surface area contributed by atoms with Crippen LogP contribution in [0.5, 0.6) is 0 Å². The number of aliphatic hydroxyl groups is 2. The average Bonchev–Trinajstić information content (AvgIpc) is 2.84. The minimum atomic E-state index is -1.55. The molecule has 0 saturated carbocycles. The quantitative estimate of drug-likeness (QED) is 0.116. The Morgan fingerprint density at radius 3 is 0.853 bits per heavy atom. The first-order valence-electron chi connectivity index (χ1n) is 15.0. The molecule has 0 aromatic carbocycles. The Morgan fingerprint density at radius 2 is 0.618 bits per heavy atom. The lowest BCUT2D eigenvalue weighted by Gasteiger charge is -2.15. The Morgan fingerprint density at radius 1 is 0.412 bits per heavy atom. The third-order valence-electron chi connectivity index (χ3n) is 7.01. The first-order valence-corrected chi connectivity index (χ1v) is 15.0. The van der Waals surface area contributed by atoms with Crippen LogP contribution in [0.1, 0.15) is 168 Å². The summed E-state index contributed by atoms with van der Waals surface area (Å²) in [6.45, 7) is 4.48. The van der Waals surface area contributed by atoms with Crippen molar-refractivity contribution in [3.05, 3.63) is 0 Å². The molecule has 2 unspecified atom stereocenters. The van der Waals surface area contributed by atoms with Crippen LogP contribution in [0.15, 0.2) is 0 Å². The van der Waals surface area contributed by atoms with Crippen LogP contribution in [0.4, 0.5) is 0 Å². The molecule has 0 amide bonds. The Kier molecular flexibility index (Phi) is 24.8. The van der Waals surface area contributed by atoms with Gasteiger partial charge in [-0.3, -0.25) is 9.59 Å². The number of rotatable bonds is 27. The van der Waals surface area contributed by atoms with E-state index >= 15 is 0 Å². The zero-order valence-electron chi connectivity index (χ0n) is 22.8. The van der Waals surface area contributed by atoms with Gasteiger partial charge in [0.1, 0.15) is 12.2 Å². The van der Waals surface area contributed by atoms with Crippen LogP contribution in [-0.4, -0.2) is 34.0 Å². The van der Waals surface area contributed by atoms with Crippen molar-refractivity contribution in [3.8, 4) is 0 Å². The highest BCUT2D eigenvalue weighted by atomic mass is 16.3. The molecular formula is C30H58O4. The fraction of sp³-hybridized carbons (Fsp3) is 0.933. The van der Waals surface area contributed by atoms with Gasteiger partial charge in [-0.15, -0.1) is 0 Å². The summed E-state index contributed by atoms with van der Waals surface area (Å²) in [4.78, 5) is 24.3. The lowest BCUT2D eigenvalue weighted by molar-refractivity contribution is -0.143. The van der Waals surface area contributed by atoms with E-state index in [1.165, 1.54) is 103 Å². The van der Waals surface area contributed by atoms with E-state index in [0.717, 1.165) is 38.5 Å². The Hall–Kier alpha value is -0.740. The van der Waals surface area contributed by atoms with Crippen molar-refractivity contribution in [1.29, 1.82) is 0 Å². The van der Waals surface area contributed by atoms with Gasteiger partial charge in [0.05, 0.1) is 0 Å². The monoisotopic (exact) mass is 482 g/mol. The molecule has 0 fully saturated rings. The topological polar surface area (TPSA) is 74.6 Å². The van der Waals surface area contributed by atoms with Crippen LogP contribution in [0.2, 0.25) is 0 Å². The minimum absolute atomic E-state index is 0.251. The standard InChI is InChI=1S/C30H58O4/c1-3-5-7-9-11-13-15-17-19-21-23-25-27(31)29(33)30(34)28(32)26-24-22-20-18-16-14-12-10-8-6-4-2/h29-30,33-34H,3-26H2,1-2H3. The summed E-state index contributed by atoms with van der Waals surface area (Å²) in [6, 6.07) is 0. The molecule has 0 aliphatic rings. The maximum Gasteiger partial charge on any atom is 0.164 e. The number of carbonyl (C=O) groups excluding carboxylic acids is 2. The second-order valence-corrected chi connectivity index (χ2v) is 10.4. The smallest absolute Gasteiger partial charge is 0.164 e. The van der Waals surface area contributed by atoms with Gasteiger partial charge in [0, 0.05) is 12.8 Å². The second kappa shape index (κ2) is 25.4. The van der Waals surface area contributed by atoms with E-state index in [9.17, 15) is 19.8 Å². The average molecular weight is 483 g/mol. The van der Waals surface area contributed by atoms with E-state index in [1.54, 1.807) is 0 Å². The molecule has 0 aromatic rings. The van der Waals surface area contributed by atoms with Gasteiger partial charge in [0.25, 0.3) is 0 Å². The summed E-state index contributed by atoms with van der Waals surface area (Å²) in [6.07, 6.45) is 23.9. The number of aliphatic hydroxyl groups excluding tert-OH is 2. The predicted octanol–water partition coefficient (Wildman–Crippen LogP) is 8.25. The van der Waals surface area contributed by atoms with Gasteiger partial charge in [-0.2, -0.15) is 0 Å². The van der Waals surface area contributed by atoms with Crippen molar-refractivity contribution in [2.24, 2.45) is 0 Å². The summed E-state index contributed by atoms with van der Waals surface area (Å²) >= 11 is 0. The third kappa shape index (κ3) is 20.6. The summed E-state index contributed by atoms with van der Waals surface area (Å²) in [5.41, 5.74) is 0. The highest BCUT2D eigenvalue weighted by Crippen LogP contribution is 2.15. The maximum absolute atomic E-state index is 12.1. The van der Waals surface area contributed by atoms with Crippen molar-refractivity contribution in [2.75, 3.05) is 0 Å². The Labute approximate surface area is 211 Å². The van der Waals surface area contributed by atoms with Gasteiger partial charge >= 0.3 is 0 Å². The summed E-state index contributed by atoms with van der Waals surface area (Å²) < 4.78 is 0. The van der Waals surface area contributed by atoms with Gasteiger partial charge in [0.15, 0.2) is 11.6 Å². The molecule has 202 valence electrons. The summed E-state index contributed by atoms with van der Waals surface area (Å²) in [5, 5.41) is 20.1. The molecule has 2 atom stereocenters. The van der Waals surface area contributed by atoms with Crippen LogP contribution >= 0.6 is 0 Å². The molecular weight excluding hydrogens is 424 g/mol. The third-order valence-corrected chi connectivity index (χ3v) is 7.01. The molecule has 0 aliphatic heterocycles. The molecule has 0 rings (SSSR count). The summed E-state index contributed by atoms with van der Waals surface area (Å²) in [7, 11) is 0. The number of hydrogen-bond donors (Lipinski definition) is 2. The normalized spacial score (nSPS) is 13.2. The first kappa shape index (κ1) is 33.3. The fourth-order valence-electron chi connectivity index (χ4n) is 4.57. The lowest BCUT2D eigenvalue weighted by atomic mass is 9.97. The maximum atomic E-state index is 12.1. The zero-order chi connectivity index (χ0) is 25.3. The number of carbonyl (C=O) groups is 2. The molecule has 2 N–H and O–H groups in total. The molecule has 0 bridgehead atoms. The Balaban J connectivity index is 3.63. The predicted molar refractivity (Wildman–Crippen MR) is 144 cm³/mol. The molecule has 0 radical (unpaired) electrons. The molecule has 0 spiro atoms. The van der Waals surface area contributed by atoms with E-state index in [-0.39, 0.29) is 12.8 Å². The van der Waals surface area contributed by atoms with E-state index in [1.807, 2.05) is 0 Å². The van der Waals surface area contributed by atoms with E-state index in [4.69, 9.17) is 0 Å². The van der Waals surface area contributed by atoms with Gasteiger partial charge in [-0.1, -0.05) is 142 Å². The molecule has 4 heteroatoms. The lowest BCUT2D eigenvalue weighted by Crippen LogP contribution is -2.39. The minimum Gasteiger partial charge on any atom is -0.382 e. The molecule has 0 saturated heterocycles. The highest BCUT2D eigenvalue weighted by Gasteiger charge is 2.28. The second-order valence-electron chi connectivity index (χ2n) is 10.4. The highest BCUT2D eigenvalue weighted by molar-refractivity contribution is 5.92. The number of ketones is 2. The molecule has 4 nitrogen and oxygen atoms in total. The van der Waals surface area contributed by atoms with Crippen molar-refractivity contribution in [1.82, 2.24) is 0 Å². The van der Waals surface area contributed by atoms with Crippen LogP contribution in [-0.2, 0) is 9.59 Å². The van der Waals surface area contributed by atoms with Crippen molar-refractivity contribution in [2.45, 2.75) is 180 Å². The zero-order valence-corrected chi connectivity index (χ0v) is 22.8. The van der Waals surface area contributed by atoms with Gasteiger partial charge < -0.3 is 10.2 Å². The largest absolute Gasteiger partial charge is 0.382 e. The molecule has 0 aromatic heterocycles. The van der Waals surface area contributed by atoms with Crippen molar-refractivity contribution in [3.63, 3.8) is 0 Å². The fourth-order valence-corrected chi connectivity index (χ4v) is 4.57. The Bertz CT molecular complexity index is 421. The van der Waals surface area contributed by atoms with Gasteiger partial charge in [-0.05, 0) is 12.8 Å². The van der Waals surface area contributed by atoms with Crippen LogP contribution in [0.3, 0.4) is 0 Å². The number of unbranched alkanes of at least 4 members (excludes halogenated alkanes) is 20. The number of Topliss-reactive ketones (excluding diaryl/α,β-unsaturated/α-hetero) is 2. The first-order chi connectivity index (χ1) is 16.5. The van der Waals surface area contributed by atoms with E-state index in [2.05, 4.69) is 13.8 Å².